The van der Waals surface area contributed by atoms with Gasteiger partial charge in [0.2, 0.25) is 0 Å². The highest BCUT2D eigenvalue weighted by Crippen LogP contribution is 2.29. The van der Waals surface area contributed by atoms with E-state index >= 15 is 0 Å². The Morgan fingerprint density at radius 1 is 1.08 bits per heavy atom. The van der Waals surface area contributed by atoms with E-state index in [9.17, 15) is 14.4 Å². The van der Waals surface area contributed by atoms with Gasteiger partial charge < -0.3 is 14.8 Å². The zero-order chi connectivity index (χ0) is 19.1. The first-order valence-corrected chi connectivity index (χ1v) is 9.17. The monoisotopic (exact) mass is 395 g/mol. The molecule has 0 aliphatic heterocycles. The number of esters is 2. The van der Waals surface area contributed by atoms with Crippen LogP contribution >= 0.6 is 22.9 Å². The van der Waals surface area contributed by atoms with Crippen LogP contribution in [0.3, 0.4) is 0 Å². The van der Waals surface area contributed by atoms with Crippen molar-refractivity contribution in [3.63, 3.8) is 0 Å². The van der Waals surface area contributed by atoms with Crippen molar-refractivity contribution in [2.75, 3.05) is 18.5 Å². The summed E-state index contributed by atoms with van der Waals surface area (Å²) >= 11 is 7.20. The molecule has 26 heavy (non-hydrogen) atoms. The molecule has 0 aliphatic rings. The molecular weight excluding hydrogens is 378 g/mol. The van der Waals surface area contributed by atoms with Crippen LogP contribution in [-0.4, -0.2) is 31.1 Å². The summed E-state index contributed by atoms with van der Waals surface area (Å²) in [5, 5.41) is 3.21. The van der Waals surface area contributed by atoms with Crippen LogP contribution in [0.15, 0.2) is 30.3 Å². The molecule has 1 heterocycles. The van der Waals surface area contributed by atoms with Gasteiger partial charge in [0.15, 0.2) is 6.61 Å². The zero-order valence-corrected chi connectivity index (χ0v) is 15.9. The van der Waals surface area contributed by atoms with E-state index in [0.717, 1.165) is 4.88 Å². The molecule has 0 atom stereocenters. The van der Waals surface area contributed by atoms with Crippen LogP contribution in [0, 0.1) is 0 Å². The Bertz CT molecular complexity index is 818. The fourth-order valence-corrected chi connectivity index (χ4v) is 3.28. The van der Waals surface area contributed by atoms with Gasteiger partial charge >= 0.3 is 11.9 Å². The highest BCUT2D eigenvalue weighted by Gasteiger charge is 2.19. The average Bonchev–Trinajstić information content (AvgIpc) is 3.03. The number of hydrogen-bond donors (Lipinski definition) is 1. The van der Waals surface area contributed by atoms with Crippen molar-refractivity contribution in [1.82, 2.24) is 0 Å². The molecule has 8 heteroatoms. The van der Waals surface area contributed by atoms with Crippen LogP contribution < -0.4 is 5.32 Å². The van der Waals surface area contributed by atoms with Crippen molar-refractivity contribution in [2.45, 2.75) is 20.3 Å². The molecule has 0 bridgehead atoms. The maximum absolute atomic E-state index is 12.1. The molecule has 2 aromatic rings. The lowest BCUT2D eigenvalue weighted by atomic mass is 10.2. The Kier molecular flexibility index (Phi) is 7.17. The van der Waals surface area contributed by atoms with Crippen molar-refractivity contribution in [2.24, 2.45) is 0 Å². The van der Waals surface area contributed by atoms with E-state index in [0.29, 0.717) is 17.0 Å². The SMILES string of the molecule is CCOC(=O)c1cc(CC)sc1NC(=O)COC(=O)c1ccccc1Cl. The van der Waals surface area contributed by atoms with Crippen molar-refractivity contribution in [1.29, 1.82) is 0 Å². The Morgan fingerprint density at radius 3 is 2.42 bits per heavy atom. The van der Waals surface area contributed by atoms with E-state index in [1.165, 1.54) is 17.4 Å². The molecule has 0 spiro atoms. The predicted octanol–water partition coefficient (Wildman–Crippen LogP) is 3.94. The van der Waals surface area contributed by atoms with Crippen LogP contribution in [0.4, 0.5) is 5.00 Å². The number of anilines is 1. The van der Waals surface area contributed by atoms with Gasteiger partial charge in [-0.05, 0) is 31.5 Å². The number of nitrogens with one attached hydrogen (secondary N) is 1. The first-order valence-electron chi connectivity index (χ1n) is 7.97. The van der Waals surface area contributed by atoms with Crippen LogP contribution in [-0.2, 0) is 20.7 Å². The van der Waals surface area contributed by atoms with Gasteiger partial charge in [0.25, 0.3) is 5.91 Å². The summed E-state index contributed by atoms with van der Waals surface area (Å²) in [5.74, 6) is -1.76. The van der Waals surface area contributed by atoms with E-state index in [-0.39, 0.29) is 17.2 Å². The average molecular weight is 396 g/mol. The van der Waals surface area contributed by atoms with E-state index < -0.39 is 24.5 Å². The van der Waals surface area contributed by atoms with Crippen molar-refractivity contribution < 1.29 is 23.9 Å². The minimum Gasteiger partial charge on any atom is -0.462 e. The molecule has 1 aromatic carbocycles. The Balaban J connectivity index is 2.01. The van der Waals surface area contributed by atoms with Gasteiger partial charge in [-0.2, -0.15) is 0 Å². The maximum atomic E-state index is 12.1. The van der Waals surface area contributed by atoms with E-state index in [1.807, 2.05) is 6.92 Å². The number of carbonyl (C=O) groups excluding carboxylic acids is 3. The first-order chi connectivity index (χ1) is 12.5. The number of thiophene rings is 1. The van der Waals surface area contributed by atoms with Crippen molar-refractivity contribution in [3.05, 3.63) is 51.4 Å². The molecule has 138 valence electrons. The number of amides is 1. The quantitative estimate of drug-likeness (QED) is 0.718. The van der Waals surface area contributed by atoms with Gasteiger partial charge in [-0.15, -0.1) is 11.3 Å². The smallest absolute Gasteiger partial charge is 0.341 e. The summed E-state index contributed by atoms with van der Waals surface area (Å²) in [6.45, 7) is 3.39. The van der Waals surface area contributed by atoms with Crippen molar-refractivity contribution >= 4 is 45.8 Å². The van der Waals surface area contributed by atoms with Crippen LogP contribution in [0.1, 0.15) is 39.4 Å². The number of benzene rings is 1. The van der Waals surface area contributed by atoms with Crippen molar-refractivity contribution in [3.8, 4) is 0 Å². The summed E-state index contributed by atoms with van der Waals surface area (Å²) in [7, 11) is 0. The second-order valence-electron chi connectivity index (χ2n) is 5.13. The lowest BCUT2D eigenvalue weighted by Gasteiger charge is -2.08. The second-order valence-corrected chi connectivity index (χ2v) is 6.68. The maximum Gasteiger partial charge on any atom is 0.341 e. The predicted molar refractivity (Wildman–Crippen MR) is 100 cm³/mol. The molecule has 0 radical (unpaired) electrons. The van der Waals surface area contributed by atoms with Gasteiger partial charge in [0.05, 0.1) is 22.8 Å². The highest BCUT2D eigenvalue weighted by molar-refractivity contribution is 7.16. The molecule has 0 saturated heterocycles. The number of aryl methyl sites for hydroxylation is 1. The van der Waals surface area contributed by atoms with Crippen LogP contribution in [0.25, 0.3) is 0 Å². The number of hydrogen-bond acceptors (Lipinski definition) is 6. The number of ether oxygens (including phenoxy) is 2. The first kappa shape index (κ1) is 19.9. The fraction of sp³-hybridized carbons (Fsp3) is 0.278. The van der Waals surface area contributed by atoms with Gasteiger partial charge in [-0.1, -0.05) is 30.7 Å². The van der Waals surface area contributed by atoms with Gasteiger partial charge in [-0.3, -0.25) is 4.79 Å². The standard InChI is InChI=1S/C18H18ClNO5S/c1-3-11-9-13(18(23)24-4-2)16(26-11)20-15(21)10-25-17(22)12-7-5-6-8-14(12)19/h5-9H,3-4,10H2,1-2H3,(H,20,21). The number of rotatable bonds is 7. The van der Waals surface area contributed by atoms with Gasteiger partial charge in [-0.25, -0.2) is 9.59 Å². The molecule has 0 fully saturated rings. The summed E-state index contributed by atoms with van der Waals surface area (Å²) in [5.41, 5.74) is 0.470. The lowest BCUT2D eigenvalue weighted by molar-refractivity contribution is -0.119. The topological polar surface area (TPSA) is 81.7 Å². The minimum absolute atomic E-state index is 0.179. The number of carbonyl (C=O) groups is 3. The third kappa shape index (κ3) is 5.06. The normalized spacial score (nSPS) is 10.3. The van der Waals surface area contributed by atoms with E-state index in [4.69, 9.17) is 21.1 Å². The molecule has 1 amide bonds. The zero-order valence-electron chi connectivity index (χ0n) is 14.3. The summed E-state index contributed by atoms with van der Waals surface area (Å²) in [6.07, 6.45) is 0.717. The lowest BCUT2D eigenvalue weighted by Crippen LogP contribution is -2.21. The molecule has 0 unspecified atom stereocenters. The third-order valence-corrected chi connectivity index (χ3v) is 4.83. The highest BCUT2D eigenvalue weighted by atomic mass is 35.5. The van der Waals surface area contributed by atoms with Crippen LogP contribution in [0.2, 0.25) is 5.02 Å². The Morgan fingerprint density at radius 2 is 1.77 bits per heavy atom. The second kappa shape index (κ2) is 9.35. The molecule has 0 aliphatic carbocycles. The van der Waals surface area contributed by atoms with E-state index in [1.54, 1.807) is 31.2 Å². The Hall–Kier alpha value is -2.38. The van der Waals surface area contributed by atoms with Gasteiger partial charge in [0.1, 0.15) is 5.00 Å². The summed E-state index contributed by atoms with van der Waals surface area (Å²) < 4.78 is 9.97. The summed E-state index contributed by atoms with van der Waals surface area (Å²) in [6, 6.07) is 8.08. The van der Waals surface area contributed by atoms with Gasteiger partial charge in [0, 0.05) is 4.88 Å². The molecule has 2 rings (SSSR count). The molecule has 1 aromatic heterocycles. The van der Waals surface area contributed by atoms with E-state index in [2.05, 4.69) is 5.32 Å². The molecule has 1 N–H and O–H groups in total. The largest absolute Gasteiger partial charge is 0.462 e. The third-order valence-electron chi connectivity index (χ3n) is 3.31. The summed E-state index contributed by atoms with van der Waals surface area (Å²) in [4.78, 5) is 37.0. The molecule has 0 saturated carbocycles. The van der Waals surface area contributed by atoms with Crippen LogP contribution in [0.5, 0.6) is 0 Å². The minimum atomic E-state index is -0.697. The Labute approximate surface area is 160 Å². The molecular formula is C18H18ClNO5S. The fourth-order valence-electron chi connectivity index (χ4n) is 2.07. The molecule has 6 nitrogen and oxygen atoms in total. The number of halogens is 1.